The molecule has 1 N–H and O–H groups in total. The quantitative estimate of drug-likeness (QED) is 0.855. The van der Waals surface area contributed by atoms with Crippen LogP contribution in [0.2, 0.25) is 0 Å². The van der Waals surface area contributed by atoms with E-state index in [2.05, 4.69) is 33.5 Å². The zero-order chi connectivity index (χ0) is 13.2. The van der Waals surface area contributed by atoms with Gasteiger partial charge in [-0.1, -0.05) is 0 Å². The Morgan fingerprint density at radius 3 is 2.89 bits per heavy atom. The Balaban J connectivity index is 1.96. The summed E-state index contributed by atoms with van der Waals surface area (Å²) in [5.74, 6) is 2.46. The van der Waals surface area contributed by atoms with Crippen molar-refractivity contribution in [3.63, 3.8) is 0 Å². The van der Waals surface area contributed by atoms with Crippen LogP contribution in [-0.2, 0) is 0 Å². The highest BCUT2D eigenvalue weighted by molar-refractivity contribution is 8.00. The minimum atomic E-state index is 0.548. The van der Waals surface area contributed by atoms with Gasteiger partial charge in [-0.25, -0.2) is 15.0 Å². The van der Waals surface area contributed by atoms with Gasteiger partial charge in [0.1, 0.15) is 23.0 Å². The lowest BCUT2D eigenvalue weighted by atomic mass is 10.3. The van der Waals surface area contributed by atoms with E-state index in [4.69, 9.17) is 4.98 Å². The first kappa shape index (κ1) is 12.8. The van der Waals surface area contributed by atoms with Crippen molar-refractivity contribution >= 4 is 29.1 Å². The summed E-state index contributed by atoms with van der Waals surface area (Å²) in [5.41, 5.74) is 1.09. The SMILES string of the molecule is CCNc1nc(C2CC2)nc(Sc2ncns2)c1C. The molecule has 0 atom stereocenters. The topological polar surface area (TPSA) is 63.6 Å². The van der Waals surface area contributed by atoms with E-state index in [0.29, 0.717) is 5.92 Å². The van der Waals surface area contributed by atoms with Gasteiger partial charge in [-0.15, -0.1) is 0 Å². The zero-order valence-corrected chi connectivity index (χ0v) is 12.5. The van der Waals surface area contributed by atoms with Crippen molar-refractivity contribution in [3.05, 3.63) is 17.7 Å². The number of rotatable bonds is 5. The fraction of sp³-hybridized carbons (Fsp3) is 0.500. The molecule has 0 amide bonds. The predicted octanol–water partition coefficient (Wildman–Crippen LogP) is 3.10. The van der Waals surface area contributed by atoms with E-state index in [0.717, 1.165) is 33.1 Å². The molecule has 0 aromatic carbocycles. The van der Waals surface area contributed by atoms with Crippen LogP contribution in [-0.4, -0.2) is 25.9 Å². The van der Waals surface area contributed by atoms with E-state index in [-0.39, 0.29) is 0 Å². The average Bonchev–Trinajstić information content (AvgIpc) is 3.13. The van der Waals surface area contributed by atoms with Crippen LogP contribution in [0.25, 0.3) is 0 Å². The number of nitrogens with zero attached hydrogens (tertiary/aromatic N) is 4. The van der Waals surface area contributed by atoms with Crippen LogP contribution in [0.1, 0.15) is 37.1 Å². The second-order valence-corrected chi connectivity index (χ2v) is 6.49. The number of aromatic nitrogens is 4. The highest BCUT2D eigenvalue weighted by Crippen LogP contribution is 2.40. The van der Waals surface area contributed by atoms with Crippen molar-refractivity contribution in [2.45, 2.75) is 42.0 Å². The summed E-state index contributed by atoms with van der Waals surface area (Å²) in [6.45, 7) is 5.00. The summed E-state index contributed by atoms with van der Waals surface area (Å²) < 4.78 is 4.95. The van der Waals surface area contributed by atoms with E-state index in [1.165, 1.54) is 24.4 Å². The van der Waals surface area contributed by atoms with E-state index in [1.807, 2.05) is 0 Å². The third-order valence-corrected chi connectivity index (χ3v) is 4.74. The molecule has 0 unspecified atom stereocenters. The fourth-order valence-electron chi connectivity index (χ4n) is 1.77. The number of anilines is 1. The van der Waals surface area contributed by atoms with Crippen molar-refractivity contribution in [3.8, 4) is 0 Å². The molecule has 3 rings (SSSR count). The summed E-state index contributed by atoms with van der Waals surface area (Å²) in [7, 11) is 0. The molecule has 0 saturated heterocycles. The Morgan fingerprint density at radius 2 is 2.26 bits per heavy atom. The van der Waals surface area contributed by atoms with Gasteiger partial charge in [-0.05, 0) is 50.0 Å². The number of hydrogen-bond acceptors (Lipinski definition) is 7. The third kappa shape index (κ3) is 2.87. The van der Waals surface area contributed by atoms with Gasteiger partial charge in [0.05, 0.1) is 0 Å². The van der Waals surface area contributed by atoms with Gasteiger partial charge in [0, 0.05) is 18.0 Å². The van der Waals surface area contributed by atoms with Crippen LogP contribution in [0.3, 0.4) is 0 Å². The molecule has 5 nitrogen and oxygen atoms in total. The van der Waals surface area contributed by atoms with Crippen molar-refractivity contribution in [2.24, 2.45) is 0 Å². The van der Waals surface area contributed by atoms with Gasteiger partial charge in [-0.2, -0.15) is 4.37 Å². The molecular weight excluding hydrogens is 278 g/mol. The second-order valence-electron chi connectivity index (χ2n) is 4.47. The van der Waals surface area contributed by atoms with E-state index in [9.17, 15) is 0 Å². The first-order valence-electron chi connectivity index (χ1n) is 6.35. The smallest absolute Gasteiger partial charge is 0.176 e. The molecule has 7 heteroatoms. The maximum absolute atomic E-state index is 4.70. The monoisotopic (exact) mass is 293 g/mol. The van der Waals surface area contributed by atoms with Gasteiger partial charge in [-0.3, -0.25) is 0 Å². The van der Waals surface area contributed by atoms with Crippen LogP contribution in [0.4, 0.5) is 5.82 Å². The first-order chi connectivity index (χ1) is 9.28. The highest BCUT2D eigenvalue weighted by Gasteiger charge is 2.28. The van der Waals surface area contributed by atoms with Crippen LogP contribution >= 0.6 is 23.3 Å². The van der Waals surface area contributed by atoms with E-state index >= 15 is 0 Å². The largest absolute Gasteiger partial charge is 0.370 e. The van der Waals surface area contributed by atoms with Crippen LogP contribution in [0.5, 0.6) is 0 Å². The molecule has 19 heavy (non-hydrogen) atoms. The molecular formula is C12H15N5S2. The van der Waals surface area contributed by atoms with Crippen LogP contribution in [0, 0.1) is 6.92 Å². The molecule has 2 heterocycles. The van der Waals surface area contributed by atoms with E-state index < -0.39 is 0 Å². The molecule has 0 spiro atoms. The number of hydrogen-bond donors (Lipinski definition) is 1. The van der Waals surface area contributed by atoms with Crippen molar-refractivity contribution in [1.82, 2.24) is 19.3 Å². The molecule has 2 aromatic rings. The zero-order valence-electron chi connectivity index (χ0n) is 10.9. The average molecular weight is 293 g/mol. The first-order valence-corrected chi connectivity index (χ1v) is 7.94. The van der Waals surface area contributed by atoms with Gasteiger partial charge in [0.2, 0.25) is 0 Å². The van der Waals surface area contributed by atoms with E-state index in [1.54, 1.807) is 18.1 Å². The van der Waals surface area contributed by atoms with Gasteiger partial charge < -0.3 is 5.32 Å². The molecule has 0 bridgehead atoms. The Morgan fingerprint density at radius 1 is 1.42 bits per heavy atom. The molecule has 2 aromatic heterocycles. The minimum Gasteiger partial charge on any atom is -0.370 e. The predicted molar refractivity (Wildman–Crippen MR) is 76.9 cm³/mol. The fourth-order valence-corrected chi connectivity index (χ4v) is 3.21. The standard InChI is InChI=1S/C12H15N5S2/c1-3-13-9-7(2)11(18-12-14-6-15-19-12)17-10(16-9)8-4-5-8/h6,8H,3-5H2,1-2H3,(H,13,16,17). The Labute approximate surface area is 120 Å². The maximum Gasteiger partial charge on any atom is 0.176 e. The summed E-state index contributed by atoms with van der Waals surface area (Å²) >= 11 is 2.97. The molecule has 1 aliphatic carbocycles. The molecule has 1 saturated carbocycles. The lowest BCUT2D eigenvalue weighted by molar-refractivity contribution is 0.860. The van der Waals surface area contributed by atoms with Crippen molar-refractivity contribution in [1.29, 1.82) is 0 Å². The lowest BCUT2D eigenvalue weighted by Gasteiger charge is -2.11. The van der Waals surface area contributed by atoms with Crippen LogP contribution < -0.4 is 5.32 Å². The lowest BCUT2D eigenvalue weighted by Crippen LogP contribution is -2.07. The summed E-state index contributed by atoms with van der Waals surface area (Å²) in [6, 6.07) is 0. The van der Waals surface area contributed by atoms with Crippen LogP contribution in [0.15, 0.2) is 15.7 Å². The normalized spacial score (nSPS) is 14.6. The highest BCUT2D eigenvalue weighted by atomic mass is 32.2. The van der Waals surface area contributed by atoms with Gasteiger partial charge in [0.15, 0.2) is 4.34 Å². The summed E-state index contributed by atoms with van der Waals surface area (Å²) in [5, 5.41) is 4.31. The van der Waals surface area contributed by atoms with Crippen molar-refractivity contribution in [2.75, 3.05) is 11.9 Å². The molecule has 100 valence electrons. The summed E-state index contributed by atoms with van der Waals surface area (Å²) in [6.07, 6.45) is 3.99. The number of nitrogens with one attached hydrogen (secondary N) is 1. The maximum atomic E-state index is 4.70. The van der Waals surface area contributed by atoms with Crippen molar-refractivity contribution < 1.29 is 0 Å². The van der Waals surface area contributed by atoms with Gasteiger partial charge in [0.25, 0.3) is 0 Å². The van der Waals surface area contributed by atoms with Gasteiger partial charge >= 0.3 is 0 Å². The third-order valence-electron chi connectivity index (χ3n) is 2.93. The Hall–Kier alpha value is -1.21. The molecule has 0 aliphatic heterocycles. The Kier molecular flexibility index (Phi) is 3.65. The summed E-state index contributed by atoms with van der Waals surface area (Å²) in [4.78, 5) is 13.6. The molecule has 0 radical (unpaired) electrons. The minimum absolute atomic E-state index is 0.548. The second kappa shape index (κ2) is 5.42. The molecule has 1 fully saturated rings. The molecule has 1 aliphatic rings. The Bertz CT molecular complexity index is 566.